The molecular formula is C18H26N2O. The van der Waals surface area contributed by atoms with Gasteiger partial charge in [-0.15, -0.1) is 0 Å². The number of piperidine rings is 1. The summed E-state index contributed by atoms with van der Waals surface area (Å²) in [6.07, 6.45) is 7.13. The lowest BCUT2D eigenvalue weighted by molar-refractivity contribution is -0.123. The number of benzene rings is 1. The second kappa shape index (κ2) is 6.61. The highest BCUT2D eigenvalue weighted by molar-refractivity contribution is 5.78. The number of nitrogens with one attached hydrogen (secondary N) is 1. The molecule has 3 heteroatoms. The Morgan fingerprint density at radius 3 is 2.95 bits per heavy atom. The number of amides is 1. The largest absolute Gasteiger partial charge is 0.348 e. The fourth-order valence-corrected chi connectivity index (χ4v) is 3.72. The smallest absolute Gasteiger partial charge is 0.234 e. The van der Waals surface area contributed by atoms with Crippen molar-refractivity contribution in [2.45, 2.75) is 57.5 Å². The molecular weight excluding hydrogens is 260 g/mol. The lowest BCUT2D eigenvalue weighted by Gasteiger charge is -2.33. The average molecular weight is 286 g/mol. The van der Waals surface area contributed by atoms with Gasteiger partial charge >= 0.3 is 0 Å². The van der Waals surface area contributed by atoms with Crippen LogP contribution in [0.3, 0.4) is 0 Å². The molecule has 114 valence electrons. The third-order valence-electron chi connectivity index (χ3n) is 4.99. The van der Waals surface area contributed by atoms with Gasteiger partial charge in [0.2, 0.25) is 5.91 Å². The van der Waals surface area contributed by atoms with Crippen molar-refractivity contribution < 1.29 is 4.79 Å². The van der Waals surface area contributed by atoms with Crippen LogP contribution in [0.15, 0.2) is 24.3 Å². The van der Waals surface area contributed by atoms with Gasteiger partial charge in [-0.05, 0) is 56.7 Å². The lowest BCUT2D eigenvalue weighted by atomic mass is 9.88. The van der Waals surface area contributed by atoms with Crippen molar-refractivity contribution in [3.8, 4) is 0 Å². The van der Waals surface area contributed by atoms with E-state index in [-0.39, 0.29) is 11.9 Å². The fraction of sp³-hybridized carbons (Fsp3) is 0.611. The van der Waals surface area contributed by atoms with E-state index in [4.69, 9.17) is 0 Å². The molecule has 21 heavy (non-hydrogen) atoms. The Morgan fingerprint density at radius 1 is 1.24 bits per heavy atom. The highest BCUT2D eigenvalue weighted by atomic mass is 16.2. The van der Waals surface area contributed by atoms with Crippen molar-refractivity contribution in [1.82, 2.24) is 10.2 Å². The Bertz CT molecular complexity index is 500. The molecule has 0 spiro atoms. The van der Waals surface area contributed by atoms with Crippen molar-refractivity contribution in [2.24, 2.45) is 0 Å². The maximum atomic E-state index is 12.4. The number of carbonyl (C=O) groups excluding carboxylic acids is 1. The van der Waals surface area contributed by atoms with E-state index in [2.05, 4.69) is 41.4 Å². The van der Waals surface area contributed by atoms with Crippen molar-refractivity contribution >= 4 is 5.91 Å². The Kier molecular flexibility index (Phi) is 4.59. The number of fused-ring (bicyclic) bond motifs is 1. The molecule has 1 aromatic carbocycles. The van der Waals surface area contributed by atoms with Gasteiger partial charge < -0.3 is 5.32 Å². The molecule has 2 atom stereocenters. The molecule has 1 saturated heterocycles. The number of hydrogen-bond acceptors (Lipinski definition) is 2. The molecule has 2 aliphatic rings. The van der Waals surface area contributed by atoms with Gasteiger partial charge in [-0.2, -0.15) is 0 Å². The van der Waals surface area contributed by atoms with Crippen molar-refractivity contribution in [3.63, 3.8) is 0 Å². The van der Waals surface area contributed by atoms with Crippen LogP contribution in [-0.2, 0) is 11.2 Å². The predicted molar refractivity (Wildman–Crippen MR) is 85.1 cm³/mol. The SMILES string of the molecule is CC1CCCCN1CC(=O)NC1CCCc2ccccc21. The summed E-state index contributed by atoms with van der Waals surface area (Å²) in [7, 11) is 0. The summed E-state index contributed by atoms with van der Waals surface area (Å²) < 4.78 is 0. The summed E-state index contributed by atoms with van der Waals surface area (Å²) in [5, 5.41) is 3.26. The number of hydrogen-bond donors (Lipinski definition) is 1. The van der Waals surface area contributed by atoms with Crippen molar-refractivity contribution in [1.29, 1.82) is 0 Å². The fourth-order valence-electron chi connectivity index (χ4n) is 3.72. The van der Waals surface area contributed by atoms with Gasteiger partial charge in [0.1, 0.15) is 0 Å². The zero-order valence-electron chi connectivity index (χ0n) is 13.0. The van der Waals surface area contributed by atoms with E-state index in [1.54, 1.807) is 0 Å². The second-order valence-corrected chi connectivity index (χ2v) is 6.53. The summed E-state index contributed by atoms with van der Waals surface area (Å²) in [5.74, 6) is 0.186. The Hall–Kier alpha value is -1.35. The highest BCUT2D eigenvalue weighted by Crippen LogP contribution is 2.29. The number of rotatable bonds is 3. The van der Waals surface area contributed by atoms with Crippen LogP contribution in [0.1, 0.15) is 56.2 Å². The molecule has 1 heterocycles. The predicted octanol–water partition coefficient (Wildman–Crippen LogP) is 3.05. The molecule has 1 N–H and O–H groups in total. The molecule has 3 nitrogen and oxygen atoms in total. The maximum Gasteiger partial charge on any atom is 0.234 e. The minimum absolute atomic E-state index is 0.186. The Morgan fingerprint density at radius 2 is 2.10 bits per heavy atom. The van der Waals surface area contributed by atoms with Gasteiger partial charge in [-0.25, -0.2) is 0 Å². The number of nitrogens with zero attached hydrogens (tertiary/aromatic N) is 1. The maximum absolute atomic E-state index is 12.4. The first kappa shape index (κ1) is 14.6. The van der Waals surface area contributed by atoms with E-state index < -0.39 is 0 Å². The van der Waals surface area contributed by atoms with Crippen LogP contribution in [0.2, 0.25) is 0 Å². The normalized spacial score (nSPS) is 26.1. The summed E-state index contributed by atoms with van der Waals surface area (Å²) in [6, 6.07) is 9.29. The first-order valence-corrected chi connectivity index (χ1v) is 8.35. The summed E-state index contributed by atoms with van der Waals surface area (Å²) in [4.78, 5) is 14.7. The zero-order chi connectivity index (χ0) is 14.7. The van der Waals surface area contributed by atoms with E-state index in [9.17, 15) is 4.79 Å². The average Bonchev–Trinajstić information content (AvgIpc) is 2.50. The molecule has 0 aromatic heterocycles. The van der Waals surface area contributed by atoms with Gasteiger partial charge in [0.05, 0.1) is 12.6 Å². The van der Waals surface area contributed by atoms with E-state index in [1.165, 1.54) is 36.8 Å². The van der Waals surface area contributed by atoms with Crippen LogP contribution in [0.25, 0.3) is 0 Å². The van der Waals surface area contributed by atoms with Crippen molar-refractivity contribution in [2.75, 3.05) is 13.1 Å². The summed E-state index contributed by atoms with van der Waals surface area (Å²) in [6.45, 7) is 3.86. The number of aryl methyl sites for hydroxylation is 1. The van der Waals surface area contributed by atoms with Gasteiger partial charge in [-0.1, -0.05) is 30.7 Å². The molecule has 0 bridgehead atoms. The number of carbonyl (C=O) groups is 1. The molecule has 0 saturated carbocycles. The van der Waals surface area contributed by atoms with Crippen LogP contribution >= 0.6 is 0 Å². The van der Waals surface area contributed by atoms with Gasteiger partial charge in [-0.3, -0.25) is 9.69 Å². The molecule has 1 aliphatic carbocycles. The van der Waals surface area contributed by atoms with E-state index >= 15 is 0 Å². The molecule has 0 radical (unpaired) electrons. The molecule has 1 amide bonds. The minimum Gasteiger partial charge on any atom is -0.348 e. The van der Waals surface area contributed by atoms with Gasteiger partial charge in [0.25, 0.3) is 0 Å². The summed E-state index contributed by atoms with van der Waals surface area (Å²) >= 11 is 0. The van der Waals surface area contributed by atoms with Gasteiger partial charge in [0.15, 0.2) is 0 Å². The van der Waals surface area contributed by atoms with Crippen LogP contribution < -0.4 is 5.32 Å². The third kappa shape index (κ3) is 3.46. The molecule has 2 unspecified atom stereocenters. The highest BCUT2D eigenvalue weighted by Gasteiger charge is 2.24. The lowest BCUT2D eigenvalue weighted by Crippen LogP contribution is -2.45. The molecule has 1 aromatic rings. The van der Waals surface area contributed by atoms with Crippen LogP contribution in [-0.4, -0.2) is 29.9 Å². The Labute approximate surface area is 127 Å². The van der Waals surface area contributed by atoms with Crippen LogP contribution in [0.5, 0.6) is 0 Å². The van der Waals surface area contributed by atoms with Crippen molar-refractivity contribution in [3.05, 3.63) is 35.4 Å². The zero-order valence-corrected chi connectivity index (χ0v) is 13.0. The molecule has 3 rings (SSSR count). The van der Waals surface area contributed by atoms with Crippen LogP contribution in [0, 0.1) is 0 Å². The van der Waals surface area contributed by atoms with E-state index in [0.29, 0.717) is 12.6 Å². The van der Waals surface area contributed by atoms with Gasteiger partial charge in [0, 0.05) is 6.04 Å². The quantitative estimate of drug-likeness (QED) is 0.926. The minimum atomic E-state index is 0.186. The van der Waals surface area contributed by atoms with E-state index in [1.807, 2.05) is 0 Å². The first-order valence-electron chi connectivity index (χ1n) is 8.35. The molecule has 1 fully saturated rings. The topological polar surface area (TPSA) is 32.3 Å². The third-order valence-corrected chi connectivity index (χ3v) is 4.99. The van der Waals surface area contributed by atoms with E-state index in [0.717, 1.165) is 19.4 Å². The summed E-state index contributed by atoms with van der Waals surface area (Å²) in [5.41, 5.74) is 2.73. The standard InChI is InChI=1S/C18H26N2O/c1-14-7-4-5-12-20(14)13-18(21)19-17-11-6-9-15-8-2-3-10-16(15)17/h2-3,8,10,14,17H,4-7,9,11-13H2,1H3,(H,19,21). The second-order valence-electron chi connectivity index (χ2n) is 6.53. The Balaban J connectivity index is 1.60. The van der Waals surface area contributed by atoms with Crippen LogP contribution in [0.4, 0.5) is 0 Å². The monoisotopic (exact) mass is 286 g/mol. The first-order chi connectivity index (χ1) is 10.2. The molecule has 1 aliphatic heterocycles. The number of likely N-dealkylation sites (tertiary alicyclic amines) is 1.